The summed E-state index contributed by atoms with van der Waals surface area (Å²) in [6, 6.07) is 5.92. The summed E-state index contributed by atoms with van der Waals surface area (Å²) in [5.74, 6) is -0.944. The average Bonchev–Trinajstić information content (AvgIpc) is 2.41. The molecule has 21 heavy (non-hydrogen) atoms. The van der Waals surface area contributed by atoms with Crippen molar-refractivity contribution in [2.45, 2.75) is 51.2 Å². The Morgan fingerprint density at radius 2 is 2.05 bits per heavy atom. The number of thioether (sulfide) groups is 1. The fourth-order valence-electron chi connectivity index (χ4n) is 2.05. The fraction of sp³-hybridized carbons (Fsp3) is 0.500. The Morgan fingerprint density at radius 3 is 2.57 bits per heavy atom. The number of carboxylic acid groups (broad SMARTS) is 1. The monoisotopic (exact) mass is 328 g/mol. The van der Waals surface area contributed by atoms with Gasteiger partial charge >= 0.3 is 5.97 Å². The molecule has 0 aliphatic rings. The van der Waals surface area contributed by atoms with E-state index in [9.17, 15) is 9.59 Å². The van der Waals surface area contributed by atoms with Crippen molar-refractivity contribution >= 4 is 34.4 Å². The Balaban J connectivity index is 2.64. The molecule has 1 N–H and O–H groups in total. The first-order valence-corrected chi connectivity index (χ1v) is 8.37. The van der Waals surface area contributed by atoms with Gasteiger partial charge in [0.1, 0.15) is 5.25 Å². The summed E-state index contributed by atoms with van der Waals surface area (Å²) < 4.78 is 0. The maximum Gasteiger partial charge on any atom is 0.317 e. The van der Waals surface area contributed by atoms with E-state index in [2.05, 4.69) is 6.92 Å². The number of hydrogen-bond donors (Lipinski definition) is 1. The van der Waals surface area contributed by atoms with Crippen molar-refractivity contribution < 1.29 is 14.7 Å². The Bertz CT molecular complexity index is 502. The van der Waals surface area contributed by atoms with Gasteiger partial charge in [-0.25, -0.2) is 0 Å². The van der Waals surface area contributed by atoms with Gasteiger partial charge in [-0.2, -0.15) is 0 Å². The largest absolute Gasteiger partial charge is 0.480 e. The number of carboxylic acids is 1. The lowest BCUT2D eigenvalue weighted by Gasteiger charge is -2.11. The molecule has 0 fully saturated rings. The van der Waals surface area contributed by atoms with E-state index < -0.39 is 11.2 Å². The van der Waals surface area contributed by atoms with Crippen molar-refractivity contribution in [2.24, 2.45) is 0 Å². The Morgan fingerprint density at radius 1 is 1.33 bits per heavy atom. The number of hydrogen-bond acceptors (Lipinski definition) is 3. The van der Waals surface area contributed by atoms with E-state index in [-0.39, 0.29) is 5.12 Å². The summed E-state index contributed by atoms with van der Waals surface area (Å²) in [7, 11) is 0. The first-order chi connectivity index (χ1) is 9.93. The van der Waals surface area contributed by atoms with Crippen LogP contribution in [0.1, 0.15) is 44.2 Å². The van der Waals surface area contributed by atoms with Crippen LogP contribution in [0.2, 0.25) is 5.02 Å². The Kier molecular flexibility index (Phi) is 7.83. The summed E-state index contributed by atoms with van der Waals surface area (Å²) in [6.45, 7) is 3.53. The van der Waals surface area contributed by atoms with Gasteiger partial charge in [-0.1, -0.05) is 48.8 Å². The van der Waals surface area contributed by atoms with Crippen molar-refractivity contribution in [3.8, 4) is 0 Å². The van der Waals surface area contributed by atoms with Gasteiger partial charge in [0.05, 0.1) is 0 Å². The molecule has 0 aliphatic heterocycles. The fourth-order valence-corrected chi connectivity index (χ4v) is 3.08. The zero-order valence-electron chi connectivity index (χ0n) is 12.4. The molecule has 0 saturated carbocycles. The molecule has 3 nitrogen and oxygen atoms in total. The third kappa shape index (κ3) is 6.53. The third-order valence-corrected chi connectivity index (χ3v) is 4.60. The van der Waals surface area contributed by atoms with Crippen LogP contribution in [-0.4, -0.2) is 21.4 Å². The Hall–Kier alpha value is -1.00. The minimum atomic E-state index is -0.944. The number of aliphatic carboxylic acids is 1. The predicted molar refractivity (Wildman–Crippen MR) is 88.1 cm³/mol. The van der Waals surface area contributed by atoms with Gasteiger partial charge in [0.2, 0.25) is 0 Å². The van der Waals surface area contributed by atoms with E-state index in [4.69, 9.17) is 16.7 Å². The molecular weight excluding hydrogens is 308 g/mol. The molecule has 1 atom stereocenters. The van der Waals surface area contributed by atoms with Gasteiger partial charge in [0.15, 0.2) is 5.12 Å². The highest BCUT2D eigenvalue weighted by Gasteiger charge is 2.20. The number of benzene rings is 1. The van der Waals surface area contributed by atoms with Gasteiger partial charge in [-0.15, -0.1) is 0 Å². The Labute approximate surface area is 135 Å². The number of carbonyl (C=O) groups excluding carboxylic acids is 1. The second kappa shape index (κ2) is 9.11. The molecule has 1 aromatic rings. The van der Waals surface area contributed by atoms with E-state index in [0.717, 1.165) is 47.2 Å². The van der Waals surface area contributed by atoms with Crippen LogP contribution in [0.4, 0.5) is 0 Å². The second-order valence-electron chi connectivity index (χ2n) is 5.00. The standard InChI is InChI=1S/C16H21ClO3S/c1-3-4-5-13-8-6-12(10-14(13)17)7-9-15(16(19)20)21-11(2)18/h6,8,10,15H,3-5,7,9H2,1-2H3,(H,19,20). The topological polar surface area (TPSA) is 54.4 Å². The lowest BCUT2D eigenvalue weighted by Crippen LogP contribution is -2.18. The van der Waals surface area contributed by atoms with Gasteiger partial charge in [-0.05, 0) is 42.9 Å². The molecule has 0 amide bonds. The lowest BCUT2D eigenvalue weighted by atomic mass is 10.0. The van der Waals surface area contributed by atoms with E-state index in [1.807, 2.05) is 18.2 Å². The molecule has 116 valence electrons. The number of carbonyl (C=O) groups is 2. The predicted octanol–water partition coefficient (Wildman–Crippen LogP) is 4.35. The van der Waals surface area contributed by atoms with Crippen molar-refractivity contribution in [1.82, 2.24) is 0 Å². The van der Waals surface area contributed by atoms with Crippen LogP contribution in [0.3, 0.4) is 0 Å². The average molecular weight is 329 g/mol. The number of rotatable bonds is 8. The summed E-state index contributed by atoms with van der Waals surface area (Å²) in [5.41, 5.74) is 2.14. The van der Waals surface area contributed by atoms with Gasteiger partial charge < -0.3 is 5.11 Å². The second-order valence-corrected chi connectivity index (χ2v) is 6.79. The molecule has 0 aliphatic carbocycles. The minimum absolute atomic E-state index is 0.171. The first-order valence-electron chi connectivity index (χ1n) is 7.11. The molecule has 0 bridgehead atoms. The van der Waals surface area contributed by atoms with Crippen molar-refractivity contribution in [1.29, 1.82) is 0 Å². The SMILES string of the molecule is CCCCc1ccc(CCC(SC(C)=O)C(=O)O)cc1Cl. The van der Waals surface area contributed by atoms with Crippen molar-refractivity contribution in [2.75, 3.05) is 0 Å². The van der Waals surface area contributed by atoms with Crippen molar-refractivity contribution in [3.63, 3.8) is 0 Å². The highest BCUT2D eigenvalue weighted by atomic mass is 35.5. The molecule has 0 spiro atoms. The molecule has 0 heterocycles. The summed E-state index contributed by atoms with van der Waals surface area (Å²) in [4.78, 5) is 22.1. The van der Waals surface area contributed by atoms with Gasteiger partial charge in [0.25, 0.3) is 0 Å². The van der Waals surface area contributed by atoms with E-state index >= 15 is 0 Å². The number of aryl methyl sites for hydroxylation is 2. The lowest BCUT2D eigenvalue weighted by molar-refractivity contribution is -0.136. The minimum Gasteiger partial charge on any atom is -0.480 e. The van der Waals surface area contributed by atoms with Crippen LogP contribution in [0.15, 0.2) is 18.2 Å². The van der Waals surface area contributed by atoms with Crippen LogP contribution in [0.5, 0.6) is 0 Å². The molecule has 0 saturated heterocycles. The number of unbranched alkanes of at least 4 members (excludes halogenated alkanes) is 1. The third-order valence-electron chi connectivity index (χ3n) is 3.20. The van der Waals surface area contributed by atoms with Crippen LogP contribution in [0.25, 0.3) is 0 Å². The highest BCUT2D eigenvalue weighted by Crippen LogP contribution is 2.23. The van der Waals surface area contributed by atoms with E-state index in [0.29, 0.717) is 12.8 Å². The molecule has 0 radical (unpaired) electrons. The summed E-state index contributed by atoms with van der Waals surface area (Å²) in [6.07, 6.45) is 4.22. The van der Waals surface area contributed by atoms with Crippen LogP contribution in [0, 0.1) is 0 Å². The van der Waals surface area contributed by atoms with Crippen molar-refractivity contribution in [3.05, 3.63) is 34.3 Å². The molecule has 5 heteroatoms. The van der Waals surface area contributed by atoms with Gasteiger partial charge in [-0.3, -0.25) is 9.59 Å². The maximum atomic E-state index is 11.1. The zero-order valence-corrected chi connectivity index (χ0v) is 14.0. The van der Waals surface area contributed by atoms with Crippen LogP contribution in [-0.2, 0) is 22.4 Å². The molecule has 1 aromatic carbocycles. The maximum absolute atomic E-state index is 11.1. The first kappa shape index (κ1) is 18.1. The van der Waals surface area contributed by atoms with E-state index in [1.165, 1.54) is 6.92 Å². The molecular formula is C16H21ClO3S. The summed E-state index contributed by atoms with van der Waals surface area (Å²) in [5, 5.41) is 8.98. The highest BCUT2D eigenvalue weighted by molar-refractivity contribution is 8.14. The van der Waals surface area contributed by atoms with Crippen LogP contribution >= 0.6 is 23.4 Å². The molecule has 0 aromatic heterocycles. The smallest absolute Gasteiger partial charge is 0.317 e. The normalized spacial score (nSPS) is 12.1. The van der Waals surface area contributed by atoms with Crippen LogP contribution < -0.4 is 0 Å². The number of halogens is 1. The quantitative estimate of drug-likeness (QED) is 0.771. The van der Waals surface area contributed by atoms with E-state index in [1.54, 1.807) is 0 Å². The zero-order chi connectivity index (χ0) is 15.8. The summed E-state index contributed by atoms with van der Waals surface area (Å²) >= 11 is 7.13. The molecule has 1 rings (SSSR count). The van der Waals surface area contributed by atoms with Gasteiger partial charge in [0, 0.05) is 11.9 Å². The molecule has 1 unspecified atom stereocenters.